The molecule has 0 saturated carbocycles. The molecule has 9 aromatic carbocycles. The zero-order valence-electron chi connectivity index (χ0n) is 66.0. The van der Waals surface area contributed by atoms with Gasteiger partial charge in [0.1, 0.15) is 96.5 Å². The van der Waals surface area contributed by atoms with Crippen molar-refractivity contribution < 1.29 is 46.0 Å². The molecule has 0 spiro atoms. The van der Waals surface area contributed by atoms with Crippen molar-refractivity contribution in [3.63, 3.8) is 0 Å². The van der Waals surface area contributed by atoms with E-state index in [9.17, 15) is 47.5 Å². The second-order valence-corrected chi connectivity index (χ2v) is 31.6. The number of nitrogens with zero attached hydrogens (tertiary/aromatic N) is 9. The number of ether oxygens (including phenoxy) is 6. The molecule has 0 N–H and O–H groups in total. The molecule has 15 rings (SSSR count). The van der Waals surface area contributed by atoms with Crippen LogP contribution in [-0.2, 0) is 40.8 Å². The van der Waals surface area contributed by atoms with Gasteiger partial charge in [0, 0.05) is 50.1 Å². The van der Waals surface area contributed by atoms with Gasteiger partial charge < -0.3 is 28.4 Å². The summed E-state index contributed by atoms with van der Waals surface area (Å²) in [5.41, 5.74) is -1.45. The molecule has 0 unspecified atom stereocenters. The fourth-order valence-electron chi connectivity index (χ4n) is 13.6. The summed E-state index contributed by atoms with van der Waals surface area (Å²) in [6.07, 6.45) is 0. The minimum atomic E-state index is -0.873. The number of methoxy groups -OCH3 is 3. The molecule has 120 heavy (non-hydrogen) atoms. The van der Waals surface area contributed by atoms with Gasteiger partial charge in [-0.25, -0.2) is 45.6 Å². The summed E-state index contributed by atoms with van der Waals surface area (Å²) < 4.78 is 106. The van der Waals surface area contributed by atoms with Crippen molar-refractivity contribution in [2.75, 3.05) is 21.3 Å². The van der Waals surface area contributed by atoms with Crippen LogP contribution in [0, 0.1) is 68.6 Å². The lowest BCUT2D eigenvalue weighted by molar-refractivity contribution is 0.414. The molecule has 0 radical (unpaired) electrons. The number of aryl methyl sites for hydroxylation is 8. The minimum Gasteiger partial charge on any atom is -0.497 e. The van der Waals surface area contributed by atoms with Crippen molar-refractivity contribution in [2.24, 2.45) is 21.1 Å². The Labute approximate surface area is 720 Å². The quantitative estimate of drug-likeness (QED) is 0.0572. The maximum atomic E-state index is 15.4. The molecule has 0 aliphatic heterocycles. The van der Waals surface area contributed by atoms with Crippen LogP contribution >= 0.6 is 67.8 Å². The number of fused-ring (bicyclic) bond motifs is 3. The Morgan fingerprint density at radius 1 is 0.325 bits per heavy atom. The number of hydrogen-bond acceptors (Lipinski definition) is 15. The highest BCUT2D eigenvalue weighted by molar-refractivity contribution is 14.1. The molecule has 0 amide bonds. The van der Waals surface area contributed by atoms with Gasteiger partial charge in [0.05, 0.1) is 58.0 Å². The van der Waals surface area contributed by atoms with Crippen molar-refractivity contribution in [3.8, 4) is 68.8 Å². The lowest BCUT2D eigenvalue weighted by Gasteiger charge is -2.19. The van der Waals surface area contributed by atoms with E-state index in [1.165, 1.54) is 82.9 Å². The molecular formula is C89H72F4I3N9O15. The molecule has 15 aromatic rings. The van der Waals surface area contributed by atoms with Gasteiger partial charge in [-0.1, -0.05) is 84.4 Å². The Morgan fingerprint density at radius 2 is 0.642 bits per heavy atom. The van der Waals surface area contributed by atoms with E-state index in [4.69, 9.17) is 28.4 Å². The summed E-state index contributed by atoms with van der Waals surface area (Å²) >= 11 is 5.87. The van der Waals surface area contributed by atoms with Gasteiger partial charge in [0.2, 0.25) is 0 Å². The third-order valence-corrected chi connectivity index (χ3v) is 21.9. The molecule has 31 heteroatoms. The predicted octanol–water partition coefficient (Wildman–Crippen LogP) is 15.0. The van der Waals surface area contributed by atoms with Crippen LogP contribution in [-0.4, -0.2) is 62.4 Å². The van der Waals surface area contributed by atoms with E-state index >= 15 is 13.2 Å². The molecule has 24 nitrogen and oxygen atoms in total. The van der Waals surface area contributed by atoms with Gasteiger partial charge in [0.15, 0.2) is 11.6 Å². The number of rotatable bonds is 18. The second-order valence-electron chi connectivity index (χ2n) is 27.9. The van der Waals surface area contributed by atoms with Crippen LogP contribution in [0.2, 0.25) is 0 Å². The predicted molar refractivity (Wildman–Crippen MR) is 475 cm³/mol. The SMILES string of the molecule is COc1ccc(Cn2c(=O)c3c(Oc4c(C)cccc4C)cc(=O)n(C)c3n(-c3ccc(I)cc3F)c2=O)cc1.COc1ccc(Cn2c(=O)c3c(Oc4ccc(C)cc4C)cc(=O)n(C)c3n(-c3ccc(I)cc3F)c2=O)cc1.COc1ccc(Cn2c(=O)c3c(Oc4cccc(C)c4F)cc(=O)n(C)c3n(-c3ccc(I)cc3F)c2=O)cc1. The first-order chi connectivity index (χ1) is 57.3. The highest BCUT2D eigenvalue weighted by atomic mass is 127. The molecular weight excluding hydrogens is 1890 g/mol. The average Bonchev–Trinajstić information content (AvgIpc) is 0.737. The summed E-state index contributed by atoms with van der Waals surface area (Å²) in [5, 5.41) is -0.266. The van der Waals surface area contributed by atoms with Crippen molar-refractivity contribution >= 4 is 101 Å². The van der Waals surface area contributed by atoms with Crippen molar-refractivity contribution in [3.05, 3.63) is 372 Å². The van der Waals surface area contributed by atoms with Crippen LogP contribution in [0.25, 0.3) is 50.2 Å². The summed E-state index contributed by atoms with van der Waals surface area (Å²) in [5.74, 6) is -0.572. The zero-order chi connectivity index (χ0) is 86.1. The van der Waals surface area contributed by atoms with Crippen LogP contribution in [0.4, 0.5) is 17.6 Å². The average molecular weight is 1960 g/mol. The van der Waals surface area contributed by atoms with Crippen molar-refractivity contribution in [2.45, 2.75) is 54.3 Å². The summed E-state index contributed by atoms with van der Waals surface area (Å²) in [4.78, 5) is 123. The standard InChI is InChI=1S/2C30H25FIN3O5.C29H22F2IN3O5/c1-17-5-12-24(18(2)13-17)40-25-15-26(36)33(3)28-27(25)29(37)34(16-19-6-9-21(39-4)10-7-19)30(38)35(28)23-11-8-20(32)14-22(23)31;1-17-6-5-7-18(2)27(17)40-24-15-25(36)33(3)28-26(24)29(37)34(16-19-8-11-21(39-4)12-9-19)30(38)35(28)23-13-10-20(32)14-22(23)31;1-16-5-4-6-22(26(16)31)40-23-14-24(36)33(2)27-25(23)28(37)34(15-17-7-10-19(39-3)11-8-17)29(38)35(27)21-12-9-18(32)13-20(21)30/h2*5-15H,16H2,1-4H3;4-14H,15H2,1-3H3. The van der Waals surface area contributed by atoms with E-state index < -0.39 is 73.7 Å². The highest BCUT2D eigenvalue weighted by Gasteiger charge is 2.29. The normalized spacial score (nSPS) is 11.2. The number of pyridine rings is 3. The number of benzene rings is 9. The highest BCUT2D eigenvalue weighted by Crippen LogP contribution is 2.36. The van der Waals surface area contributed by atoms with E-state index in [2.05, 4.69) is 0 Å². The Bertz CT molecular complexity index is 7220. The van der Waals surface area contributed by atoms with Gasteiger partial charge in [0.25, 0.3) is 33.4 Å². The number of halogens is 7. The minimum absolute atomic E-state index is 0.0244. The first-order valence-corrected chi connectivity index (χ1v) is 39.9. The fourth-order valence-corrected chi connectivity index (χ4v) is 15.0. The Morgan fingerprint density at radius 3 is 0.967 bits per heavy atom. The van der Waals surface area contributed by atoms with Gasteiger partial charge >= 0.3 is 17.1 Å². The fraction of sp³-hybridized carbons (Fsp3) is 0.157. The summed E-state index contributed by atoms with van der Waals surface area (Å²) in [7, 11) is 8.81. The molecule has 0 bridgehead atoms. The van der Waals surface area contributed by atoms with Crippen molar-refractivity contribution in [1.29, 1.82) is 0 Å². The molecule has 0 aliphatic rings. The van der Waals surface area contributed by atoms with E-state index in [0.717, 1.165) is 69.4 Å². The smallest absolute Gasteiger partial charge is 0.337 e. The zero-order valence-corrected chi connectivity index (χ0v) is 72.4. The Hall–Kier alpha value is -12.6. The second kappa shape index (κ2) is 35.5. The summed E-state index contributed by atoms with van der Waals surface area (Å²) in [6.45, 7) is 8.66. The van der Waals surface area contributed by atoms with Gasteiger partial charge in [-0.15, -0.1) is 0 Å². The van der Waals surface area contributed by atoms with Gasteiger partial charge in [-0.3, -0.25) is 56.2 Å². The third kappa shape index (κ3) is 17.1. The largest absolute Gasteiger partial charge is 0.497 e. The molecule has 6 aromatic heterocycles. The van der Waals surface area contributed by atoms with Crippen LogP contribution in [0.3, 0.4) is 0 Å². The van der Waals surface area contributed by atoms with Crippen LogP contribution in [0.1, 0.15) is 44.5 Å². The lowest BCUT2D eigenvalue weighted by atomic mass is 10.1. The van der Waals surface area contributed by atoms with E-state index in [0.29, 0.717) is 61.7 Å². The van der Waals surface area contributed by atoms with Crippen LogP contribution in [0.15, 0.2) is 243 Å². The number of hydrogen-bond donors (Lipinski definition) is 0. The number of aromatic nitrogens is 9. The third-order valence-electron chi connectivity index (χ3n) is 19.9. The summed E-state index contributed by atoms with van der Waals surface area (Å²) in [6, 6.07) is 52.5. The first-order valence-electron chi connectivity index (χ1n) is 36.7. The number of para-hydroxylation sites is 1. The topological polar surface area (TPSA) is 253 Å². The Balaban J connectivity index is 0.000000156. The van der Waals surface area contributed by atoms with Gasteiger partial charge in [-0.2, -0.15) is 0 Å². The molecule has 0 fully saturated rings. The molecule has 0 aliphatic carbocycles. The molecule has 0 saturated heterocycles. The lowest BCUT2D eigenvalue weighted by Crippen LogP contribution is -2.42. The Kier molecular flexibility index (Phi) is 25.2. The van der Waals surface area contributed by atoms with Gasteiger partial charge in [-0.05, 0) is 244 Å². The van der Waals surface area contributed by atoms with E-state index in [1.54, 1.807) is 130 Å². The molecule has 6 heterocycles. The molecule has 612 valence electrons. The maximum absolute atomic E-state index is 15.4. The van der Waals surface area contributed by atoms with E-state index in [-0.39, 0.29) is 92.8 Å². The van der Waals surface area contributed by atoms with Crippen LogP contribution < -0.4 is 78.8 Å². The van der Waals surface area contributed by atoms with Crippen LogP contribution in [0.5, 0.6) is 51.7 Å². The maximum Gasteiger partial charge on any atom is 0.337 e. The molecule has 0 atom stereocenters. The first kappa shape index (κ1) is 85.2. The van der Waals surface area contributed by atoms with E-state index in [1.807, 2.05) is 126 Å². The monoisotopic (exact) mass is 1960 g/mol. The van der Waals surface area contributed by atoms with Crippen molar-refractivity contribution in [1.82, 2.24) is 41.1 Å².